The van der Waals surface area contributed by atoms with Crippen molar-refractivity contribution in [3.63, 3.8) is 0 Å². The Morgan fingerprint density at radius 1 is 1.23 bits per heavy atom. The van der Waals surface area contributed by atoms with Crippen LogP contribution in [0.4, 0.5) is 10.5 Å². The van der Waals surface area contributed by atoms with Gasteiger partial charge in [0.25, 0.3) is 15.9 Å². The Morgan fingerprint density at radius 2 is 1.97 bits per heavy atom. The summed E-state index contributed by atoms with van der Waals surface area (Å²) in [7, 11) is -3.83. The molecule has 0 aromatic heterocycles. The number of nitrogens with zero attached hydrogens (tertiary/aromatic N) is 2. The van der Waals surface area contributed by atoms with Gasteiger partial charge in [-0.1, -0.05) is 18.9 Å². The highest BCUT2D eigenvalue weighted by Gasteiger charge is 2.54. The number of nitrogens with one attached hydrogen (secondary N) is 3. The fourth-order valence-electron chi connectivity index (χ4n) is 4.25. The number of rotatable bonds is 5. The molecule has 166 valence electrons. The van der Waals surface area contributed by atoms with Gasteiger partial charge in [-0.3, -0.25) is 19.3 Å². The Labute approximate surface area is 180 Å². The van der Waals surface area contributed by atoms with Crippen molar-refractivity contribution in [1.82, 2.24) is 14.9 Å². The minimum atomic E-state index is -3.83. The number of carbonyl (C=O) groups is 3. The van der Waals surface area contributed by atoms with Gasteiger partial charge in [0.15, 0.2) is 0 Å². The van der Waals surface area contributed by atoms with Gasteiger partial charge in [-0.15, -0.1) is 0 Å². The van der Waals surface area contributed by atoms with Crippen molar-refractivity contribution >= 4 is 39.4 Å². The van der Waals surface area contributed by atoms with E-state index in [2.05, 4.69) is 20.3 Å². The number of urea groups is 1. The van der Waals surface area contributed by atoms with Crippen LogP contribution < -0.4 is 15.4 Å². The molecule has 2 aliphatic heterocycles. The Balaban J connectivity index is 1.47. The highest BCUT2D eigenvalue weighted by atomic mass is 32.2. The number of amides is 4. The number of carbonyl (C=O) groups excluding carboxylic acids is 3. The lowest BCUT2D eigenvalue weighted by molar-refractivity contribution is -0.136. The van der Waals surface area contributed by atoms with Crippen LogP contribution in [0.5, 0.6) is 0 Å². The Hall–Kier alpha value is -2.95. The number of hydrogen-bond donors (Lipinski definition) is 3. The molecule has 1 atom stereocenters. The summed E-state index contributed by atoms with van der Waals surface area (Å²) in [4.78, 5) is 43.1. The zero-order chi connectivity index (χ0) is 22.2. The molecule has 0 bridgehead atoms. The van der Waals surface area contributed by atoms with Crippen LogP contribution in [0, 0.1) is 0 Å². The maximum absolute atomic E-state index is 12.9. The molecule has 4 rings (SSSR count). The lowest BCUT2D eigenvalue weighted by atomic mass is 9.97. The van der Waals surface area contributed by atoms with Gasteiger partial charge < -0.3 is 10.6 Å². The van der Waals surface area contributed by atoms with Crippen LogP contribution in [-0.4, -0.2) is 55.1 Å². The second-order valence-corrected chi connectivity index (χ2v) is 9.81. The van der Waals surface area contributed by atoms with Gasteiger partial charge in [-0.25, -0.2) is 18.1 Å². The average Bonchev–Trinajstić information content (AvgIpc) is 3.45. The standard InChI is InChI=1S/C20H25N5O5S/c1-13(25-18(27)20(23-19(25)28)9-2-3-10-20)17(26)22-14-6-4-7-15(12-14)31(29,30)24-16-8-5-11-21-16/h4,6-7,12-13H,2-3,5,8-11H2,1H3,(H,21,24)(H,22,26)(H,23,28). The molecule has 1 saturated heterocycles. The molecule has 3 aliphatic rings. The van der Waals surface area contributed by atoms with Gasteiger partial charge in [-0.05, 0) is 44.4 Å². The monoisotopic (exact) mass is 447 g/mol. The summed E-state index contributed by atoms with van der Waals surface area (Å²) in [6.07, 6.45) is 4.21. The smallest absolute Gasteiger partial charge is 0.324 e. The zero-order valence-electron chi connectivity index (χ0n) is 17.2. The van der Waals surface area contributed by atoms with Gasteiger partial charge in [-0.2, -0.15) is 0 Å². The number of imide groups is 1. The highest BCUT2D eigenvalue weighted by Crippen LogP contribution is 2.35. The summed E-state index contributed by atoms with van der Waals surface area (Å²) in [5, 5.41) is 5.36. The fraction of sp³-hybridized carbons (Fsp3) is 0.500. The molecule has 2 heterocycles. The van der Waals surface area contributed by atoms with E-state index >= 15 is 0 Å². The molecule has 1 aromatic carbocycles. The van der Waals surface area contributed by atoms with Crippen molar-refractivity contribution in [3.8, 4) is 0 Å². The lowest BCUT2D eigenvalue weighted by Crippen LogP contribution is -2.48. The Bertz CT molecular complexity index is 1060. The Morgan fingerprint density at radius 3 is 2.65 bits per heavy atom. The first-order valence-electron chi connectivity index (χ1n) is 10.3. The molecule has 10 nitrogen and oxygen atoms in total. The minimum absolute atomic E-state index is 0.0209. The molecule has 1 aromatic rings. The third-order valence-corrected chi connectivity index (χ3v) is 7.33. The van der Waals surface area contributed by atoms with Crippen LogP contribution in [0.25, 0.3) is 0 Å². The number of anilines is 1. The second kappa shape index (κ2) is 7.95. The summed E-state index contributed by atoms with van der Waals surface area (Å²) < 4.78 is 27.6. The van der Waals surface area contributed by atoms with E-state index in [1.165, 1.54) is 25.1 Å². The Kier molecular flexibility index (Phi) is 5.46. The largest absolute Gasteiger partial charge is 0.325 e. The van der Waals surface area contributed by atoms with Gasteiger partial charge in [0.2, 0.25) is 5.91 Å². The third-order valence-electron chi connectivity index (χ3n) is 5.96. The molecule has 2 fully saturated rings. The normalized spacial score (nSPS) is 21.2. The van der Waals surface area contributed by atoms with Gasteiger partial charge >= 0.3 is 6.03 Å². The average molecular weight is 448 g/mol. The van der Waals surface area contributed by atoms with E-state index in [0.29, 0.717) is 31.6 Å². The van der Waals surface area contributed by atoms with Gasteiger partial charge in [0.1, 0.15) is 17.4 Å². The summed E-state index contributed by atoms with van der Waals surface area (Å²) >= 11 is 0. The number of sulfonamides is 1. The van der Waals surface area contributed by atoms with Gasteiger partial charge in [0.05, 0.1) is 4.90 Å². The molecular formula is C20H25N5O5S. The number of amidine groups is 1. The van der Waals surface area contributed by atoms with E-state index in [1.807, 2.05) is 0 Å². The first-order valence-corrected chi connectivity index (χ1v) is 11.8. The predicted molar refractivity (Wildman–Crippen MR) is 113 cm³/mol. The van der Waals surface area contributed by atoms with Crippen molar-refractivity contribution in [2.24, 2.45) is 4.99 Å². The van der Waals surface area contributed by atoms with Crippen LogP contribution in [0.1, 0.15) is 45.4 Å². The van der Waals surface area contributed by atoms with Crippen molar-refractivity contribution < 1.29 is 22.8 Å². The summed E-state index contributed by atoms with van der Waals surface area (Å²) in [5.74, 6) is -0.542. The van der Waals surface area contributed by atoms with Crippen LogP contribution in [0.2, 0.25) is 0 Å². The molecule has 1 saturated carbocycles. The molecule has 1 aliphatic carbocycles. The SMILES string of the molecule is CC(C(=O)Nc1cccc(S(=O)(=O)NC2=NCCC2)c1)N1C(=O)NC2(CCCC2)C1=O. The van der Waals surface area contributed by atoms with E-state index < -0.39 is 33.5 Å². The molecule has 0 radical (unpaired) electrons. The molecule has 11 heteroatoms. The van der Waals surface area contributed by atoms with E-state index in [4.69, 9.17) is 0 Å². The molecular weight excluding hydrogens is 422 g/mol. The van der Waals surface area contributed by atoms with Crippen LogP contribution in [0.3, 0.4) is 0 Å². The second-order valence-electron chi connectivity index (χ2n) is 8.13. The molecule has 4 amide bonds. The first kappa shape index (κ1) is 21.3. The predicted octanol–water partition coefficient (Wildman–Crippen LogP) is 1.35. The number of hydrogen-bond acceptors (Lipinski definition) is 6. The van der Waals surface area contributed by atoms with E-state index in [0.717, 1.165) is 24.2 Å². The van der Waals surface area contributed by atoms with E-state index in [9.17, 15) is 22.8 Å². The number of aliphatic imine (C=N–C) groups is 1. The number of benzene rings is 1. The van der Waals surface area contributed by atoms with Crippen LogP contribution >= 0.6 is 0 Å². The quantitative estimate of drug-likeness (QED) is 0.585. The highest BCUT2D eigenvalue weighted by molar-refractivity contribution is 7.90. The zero-order valence-corrected chi connectivity index (χ0v) is 18.0. The first-order chi connectivity index (χ1) is 14.7. The maximum Gasteiger partial charge on any atom is 0.325 e. The van der Waals surface area contributed by atoms with E-state index in [-0.39, 0.29) is 16.5 Å². The molecule has 1 spiro atoms. The van der Waals surface area contributed by atoms with E-state index in [1.54, 1.807) is 6.07 Å². The summed E-state index contributed by atoms with van der Waals surface area (Å²) in [6.45, 7) is 2.07. The molecule has 1 unspecified atom stereocenters. The fourth-order valence-corrected chi connectivity index (χ4v) is 5.39. The topological polar surface area (TPSA) is 137 Å². The van der Waals surface area contributed by atoms with Crippen molar-refractivity contribution in [3.05, 3.63) is 24.3 Å². The van der Waals surface area contributed by atoms with Crippen molar-refractivity contribution in [1.29, 1.82) is 0 Å². The summed E-state index contributed by atoms with van der Waals surface area (Å²) in [6, 6.07) is 4.17. The summed E-state index contributed by atoms with van der Waals surface area (Å²) in [5.41, 5.74) is -0.649. The third kappa shape index (κ3) is 4.01. The van der Waals surface area contributed by atoms with Crippen LogP contribution in [0.15, 0.2) is 34.2 Å². The minimum Gasteiger partial charge on any atom is -0.324 e. The molecule has 31 heavy (non-hydrogen) atoms. The van der Waals surface area contributed by atoms with Crippen LogP contribution in [-0.2, 0) is 19.6 Å². The van der Waals surface area contributed by atoms with Gasteiger partial charge in [0, 0.05) is 18.7 Å². The van der Waals surface area contributed by atoms with Crippen molar-refractivity contribution in [2.45, 2.75) is 61.9 Å². The van der Waals surface area contributed by atoms with Crippen molar-refractivity contribution in [2.75, 3.05) is 11.9 Å². The molecule has 3 N–H and O–H groups in total. The lowest BCUT2D eigenvalue weighted by Gasteiger charge is -2.23. The maximum atomic E-state index is 12.9.